The molecule has 1 aromatic heterocycles. The third-order valence-electron chi connectivity index (χ3n) is 4.17. The number of hydrogen-bond acceptors (Lipinski definition) is 5. The Morgan fingerprint density at radius 3 is 2.72 bits per heavy atom. The highest BCUT2D eigenvalue weighted by Crippen LogP contribution is 2.28. The number of phenolic OH excluding ortho intramolecular Hbond substituents is 1. The molecule has 5 heteroatoms. The number of aryl methyl sites for hydroxylation is 3. The average Bonchev–Trinajstić information content (AvgIpc) is 3.02. The summed E-state index contributed by atoms with van der Waals surface area (Å²) in [6, 6.07) is 7.39. The van der Waals surface area contributed by atoms with Crippen molar-refractivity contribution in [2.45, 2.75) is 45.6 Å². The summed E-state index contributed by atoms with van der Waals surface area (Å²) in [6.45, 7) is 3.39. The van der Waals surface area contributed by atoms with Gasteiger partial charge in [-0.2, -0.15) is 0 Å². The third kappa shape index (κ3) is 5.80. The SMILES string of the molecule is CCCCc1oc(CCc2ccc(O)c(OCCNC)c2)cc1CO. The fraction of sp³-hybridized carbons (Fsp3) is 0.500. The zero-order valence-electron chi connectivity index (χ0n) is 15.2. The zero-order valence-corrected chi connectivity index (χ0v) is 15.2. The summed E-state index contributed by atoms with van der Waals surface area (Å²) in [4.78, 5) is 0. The molecule has 1 heterocycles. The quantitative estimate of drug-likeness (QED) is 0.544. The van der Waals surface area contributed by atoms with Crippen molar-refractivity contribution in [3.8, 4) is 11.5 Å². The number of aliphatic hydroxyl groups is 1. The lowest BCUT2D eigenvalue weighted by molar-refractivity contribution is 0.277. The Morgan fingerprint density at radius 2 is 2.00 bits per heavy atom. The number of unbranched alkanes of at least 4 members (excludes halogenated alkanes) is 1. The smallest absolute Gasteiger partial charge is 0.161 e. The van der Waals surface area contributed by atoms with Gasteiger partial charge in [-0.1, -0.05) is 19.4 Å². The van der Waals surface area contributed by atoms with Gasteiger partial charge in [0, 0.05) is 24.9 Å². The van der Waals surface area contributed by atoms with Gasteiger partial charge in [-0.25, -0.2) is 0 Å². The van der Waals surface area contributed by atoms with Crippen LogP contribution in [0.25, 0.3) is 0 Å². The summed E-state index contributed by atoms with van der Waals surface area (Å²) in [5, 5.41) is 22.4. The van der Waals surface area contributed by atoms with E-state index in [-0.39, 0.29) is 12.4 Å². The van der Waals surface area contributed by atoms with Crippen LogP contribution in [0.3, 0.4) is 0 Å². The van der Waals surface area contributed by atoms with Crippen molar-refractivity contribution in [3.05, 3.63) is 46.9 Å². The van der Waals surface area contributed by atoms with Crippen LogP contribution in [0.2, 0.25) is 0 Å². The molecule has 5 nitrogen and oxygen atoms in total. The van der Waals surface area contributed by atoms with E-state index in [1.165, 1.54) is 0 Å². The van der Waals surface area contributed by atoms with E-state index in [2.05, 4.69) is 12.2 Å². The molecule has 0 unspecified atom stereocenters. The number of aliphatic hydroxyl groups excluding tert-OH is 1. The molecule has 0 bridgehead atoms. The number of rotatable bonds is 11. The highest BCUT2D eigenvalue weighted by Gasteiger charge is 2.11. The van der Waals surface area contributed by atoms with Crippen LogP contribution in [0.4, 0.5) is 0 Å². The van der Waals surface area contributed by atoms with Crippen LogP contribution >= 0.6 is 0 Å². The van der Waals surface area contributed by atoms with Gasteiger partial charge in [0.05, 0.1) is 6.61 Å². The van der Waals surface area contributed by atoms with Gasteiger partial charge in [-0.15, -0.1) is 0 Å². The summed E-state index contributed by atoms with van der Waals surface area (Å²) in [5.41, 5.74) is 1.97. The standard InChI is InChI=1S/C20H29NO4/c1-3-4-5-19-16(14-22)13-17(25-19)8-6-15-7-9-18(23)20(12-15)24-11-10-21-2/h7,9,12-13,21-23H,3-6,8,10-11,14H2,1-2H3. The molecule has 2 aromatic rings. The van der Waals surface area contributed by atoms with Crippen molar-refractivity contribution in [1.29, 1.82) is 0 Å². The highest BCUT2D eigenvalue weighted by molar-refractivity contribution is 5.42. The molecule has 0 aliphatic carbocycles. The topological polar surface area (TPSA) is 74.9 Å². The Bertz CT molecular complexity index is 651. The first-order valence-electron chi connectivity index (χ1n) is 8.98. The summed E-state index contributed by atoms with van der Waals surface area (Å²) in [6.07, 6.45) is 4.57. The van der Waals surface area contributed by atoms with Crippen LogP contribution in [-0.4, -0.2) is 30.4 Å². The van der Waals surface area contributed by atoms with Gasteiger partial charge in [0.15, 0.2) is 11.5 Å². The van der Waals surface area contributed by atoms with Gasteiger partial charge in [0.1, 0.15) is 18.1 Å². The molecule has 25 heavy (non-hydrogen) atoms. The van der Waals surface area contributed by atoms with Gasteiger partial charge in [-0.3, -0.25) is 0 Å². The lowest BCUT2D eigenvalue weighted by Gasteiger charge is -2.09. The van der Waals surface area contributed by atoms with Crippen LogP contribution in [0, 0.1) is 0 Å². The van der Waals surface area contributed by atoms with Crippen LogP contribution in [0.5, 0.6) is 11.5 Å². The van der Waals surface area contributed by atoms with Gasteiger partial charge < -0.3 is 24.7 Å². The Labute approximate surface area is 149 Å². The van der Waals surface area contributed by atoms with Crippen LogP contribution < -0.4 is 10.1 Å². The number of aromatic hydroxyl groups is 1. The Morgan fingerprint density at radius 1 is 1.16 bits per heavy atom. The summed E-state index contributed by atoms with van der Waals surface area (Å²) in [7, 11) is 1.86. The second-order valence-corrected chi connectivity index (χ2v) is 6.18. The Hall–Kier alpha value is -1.98. The van der Waals surface area contributed by atoms with Crippen LogP contribution in [0.1, 0.15) is 42.4 Å². The molecule has 0 aliphatic heterocycles. The van der Waals surface area contributed by atoms with Crippen molar-refractivity contribution in [2.75, 3.05) is 20.2 Å². The highest BCUT2D eigenvalue weighted by atomic mass is 16.5. The monoisotopic (exact) mass is 347 g/mol. The van der Waals surface area contributed by atoms with Gasteiger partial charge in [-0.05, 0) is 43.7 Å². The summed E-state index contributed by atoms with van der Waals surface area (Å²) >= 11 is 0. The van der Waals surface area contributed by atoms with Crippen molar-refractivity contribution in [1.82, 2.24) is 5.32 Å². The molecule has 0 aliphatic rings. The molecule has 0 radical (unpaired) electrons. The van der Waals surface area contributed by atoms with E-state index in [0.29, 0.717) is 12.4 Å². The van der Waals surface area contributed by atoms with E-state index in [1.807, 2.05) is 25.2 Å². The second kappa shape index (κ2) is 10.1. The van der Waals surface area contributed by atoms with Crippen LogP contribution in [-0.2, 0) is 25.9 Å². The predicted octanol–water partition coefficient (Wildman–Crippen LogP) is 3.20. The van der Waals surface area contributed by atoms with Gasteiger partial charge in [0.2, 0.25) is 0 Å². The van der Waals surface area contributed by atoms with Crippen LogP contribution in [0.15, 0.2) is 28.7 Å². The largest absolute Gasteiger partial charge is 0.504 e. The maximum absolute atomic E-state index is 9.88. The van der Waals surface area contributed by atoms with E-state index in [0.717, 1.165) is 61.3 Å². The Balaban J connectivity index is 1.98. The number of ether oxygens (including phenoxy) is 1. The van der Waals surface area contributed by atoms with E-state index >= 15 is 0 Å². The fourth-order valence-electron chi connectivity index (χ4n) is 2.69. The minimum absolute atomic E-state index is 0.0191. The van der Waals surface area contributed by atoms with Crippen molar-refractivity contribution < 1.29 is 19.4 Å². The third-order valence-corrected chi connectivity index (χ3v) is 4.17. The zero-order chi connectivity index (χ0) is 18.1. The molecule has 0 saturated heterocycles. The van der Waals surface area contributed by atoms with Gasteiger partial charge >= 0.3 is 0 Å². The van der Waals surface area contributed by atoms with E-state index in [9.17, 15) is 10.2 Å². The number of likely N-dealkylation sites (N-methyl/N-ethyl adjacent to an activating group) is 1. The molecule has 0 atom stereocenters. The molecule has 138 valence electrons. The van der Waals surface area contributed by atoms with E-state index in [1.54, 1.807) is 6.07 Å². The molecular formula is C20H29NO4. The lowest BCUT2D eigenvalue weighted by Crippen LogP contribution is -2.16. The summed E-state index contributed by atoms with van der Waals surface area (Å²) in [5.74, 6) is 2.45. The minimum atomic E-state index is 0.0191. The van der Waals surface area contributed by atoms with Crippen molar-refractivity contribution in [2.24, 2.45) is 0 Å². The van der Waals surface area contributed by atoms with Crippen molar-refractivity contribution in [3.63, 3.8) is 0 Å². The number of benzene rings is 1. The van der Waals surface area contributed by atoms with Gasteiger partial charge in [0.25, 0.3) is 0 Å². The maximum Gasteiger partial charge on any atom is 0.161 e. The molecule has 0 fully saturated rings. The number of furan rings is 1. The predicted molar refractivity (Wildman–Crippen MR) is 98.2 cm³/mol. The normalized spacial score (nSPS) is 11.0. The first-order chi connectivity index (χ1) is 12.2. The molecule has 0 amide bonds. The molecule has 3 N–H and O–H groups in total. The molecule has 0 saturated carbocycles. The van der Waals surface area contributed by atoms with E-state index < -0.39 is 0 Å². The van der Waals surface area contributed by atoms with E-state index in [4.69, 9.17) is 9.15 Å². The van der Waals surface area contributed by atoms with Crippen molar-refractivity contribution >= 4 is 0 Å². The Kier molecular flexibility index (Phi) is 7.82. The maximum atomic E-state index is 9.88. The second-order valence-electron chi connectivity index (χ2n) is 6.18. The first kappa shape index (κ1) is 19.3. The number of hydrogen-bond donors (Lipinski definition) is 3. The first-order valence-corrected chi connectivity index (χ1v) is 8.98. The number of phenols is 1. The average molecular weight is 347 g/mol. The lowest BCUT2D eigenvalue weighted by atomic mass is 10.1. The summed E-state index contributed by atoms with van der Waals surface area (Å²) < 4.78 is 11.5. The molecule has 2 rings (SSSR count). The molecule has 0 spiro atoms. The number of nitrogens with one attached hydrogen (secondary N) is 1. The molecule has 1 aromatic carbocycles. The minimum Gasteiger partial charge on any atom is -0.504 e. The molecular weight excluding hydrogens is 318 g/mol. The fourth-order valence-corrected chi connectivity index (χ4v) is 2.69.